The first-order valence-electron chi connectivity index (χ1n) is 7.01. The van der Waals surface area contributed by atoms with Crippen molar-refractivity contribution in [3.8, 4) is 0 Å². The lowest BCUT2D eigenvalue weighted by molar-refractivity contribution is 0.142. The fourth-order valence-electron chi connectivity index (χ4n) is 1.87. The van der Waals surface area contributed by atoms with Gasteiger partial charge in [0.2, 0.25) is 0 Å². The van der Waals surface area contributed by atoms with E-state index in [1.165, 1.54) is 23.3 Å². The number of ether oxygens (including phenoxy) is 1. The Hall–Kier alpha value is -2.13. The van der Waals surface area contributed by atoms with E-state index in [0.29, 0.717) is 19.8 Å². The van der Waals surface area contributed by atoms with Crippen LogP contribution in [0.25, 0.3) is 0 Å². The number of halogens is 1. The Morgan fingerprint density at radius 1 is 1.10 bits per heavy atom. The van der Waals surface area contributed by atoms with Gasteiger partial charge in [-0.25, -0.2) is 4.39 Å². The van der Waals surface area contributed by atoms with Crippen molar-refractivity contribution in [1.82, 2.24) is 0 Å². The van der Waals surface area contributed by atoms with Gasteiger partial charge in [-0.05, 0) is 36.8 Å². The summed E-state index contributed by atoms with van der Waals surface area (Å²) < 4.78 is 18.4. The van der Waals surface area contributed by atoms with Gasteiger partial charge < -0.3 is 10.1 Å². The molecule has 0 heterocycles. The van der Waals surface area contributed by atoms with Crippen LogP contribution in [0.3, 0.4) is 0 Å². The maximum absolute atomic E-state index is 12.8. The first kappa shape index (κ1) is 15.3. The predicted octanol–water partition coefficient (Wildman–Crippen LogP) is 4.40. The Morgan fingerprint density at radius 2 is 1.81 bits per heavy atom. The summed E-state index contributed by atoms with van der Waals surface area (Å²) in [6.07, 6.45) is 2.08. The van der Waals surface area contributed by atoms with Gasteiger partial charge in [0.1, 0.15) is 5.82 Å². The van der Waals surface area contributed by atoms with Gasteiger partial charge in [-0.2, -0.15) is 0 Å². The fourth-order valence-corrected chi connectivity index (χ4v) is 1.87. The lowest BCUT2D eigenvalue weighted by atomic mass is 10.2. The van der Waals surface area contributed by atoms with Crippen LogP contribution in [0, 0.1) is 5.82 Å². The number of hydrogen-bond donors (Lipinski definition) is 1. The largest absolute Gasteiger partial charge is 0.382 e. The van der Waals surface area contributed by atoms with Crippen molar-refractivity contribution >= 4 is 5.69 Å². The summed E-state index contributed by atoms with van der Waals surface area (Å²) >= 11 is 0. The van der Waals surface area contributed by atoms with Crippen molar-refractivity contribution in [1.29, 1.82) is 0 Å². The summed E-state index contributed by atoms with van der Waals surface area (Å²) in [6, 6.07) is 16.5. The van der Waals surface area contributed by atoms with Gasteiger partial charge in [0.25, 0.3) is 0 Å². The molecule has 0 aliphatic carbocycles. The molecule has 0 aliphatic heterocycles. The van der Waals surface area contributed by atoms with Crippen LogP contribution in [0.4, 0.5) is 10.1 Å². The average Bonchev–Trinajstić information content (AvgIpc) is 2.50. The molecule has 1 N–H and O–H groups in total. The molecule has 110 valence electrons. The van der Waals surface area contributed by atoms with Gasteiger partial charge in [0, 0.05) is 12.2 Å². The number of benzene rings is 2. The minimum atomic E-state index is -0.221. The van der Waals surface area contributed by atoms with Crippen LogP contribution in [-0.4, -0.2) is 13.2 Å². The molecule has 0 aromatic heterocycles. The van der Waals surface area contributed by atoms with Gasteiger partial charge in [-0.1, -0.05) is 42.0 Å². The van der Waals surface area contributed by atoms with E-state index >= 15 is 0 Å². The molecule has 0 bridgehead atoms. The second-order valence-electron chi connectivity index (χ2n) is 4.92. The second-order valence-corrected chi connectivity index (χ2v) is 4.92. The minimum Gasteiger partial charge on any atom is -0.382 e. The molecule has 21 heavy (non-hydrogen) atoms. The van der Waals surface area contributed by atoms with E-state index in [0.717, 1.165) is 5.69 Å². The third-order valence-corrected chi connectivity index (χ3v) is 3.04. The summed E-state index contributed by atoms with van der Waals surface area (Å²) in [5.74, 6) is -0.221. The van der Waals surface area contributed by atoms with Gasteiger partial charge in [-0.3, -0.25) is 0 Å². The van der Waals surface area contributed by atoms with Crippen LogP contribution in [0.5, 0.6) is 0 Å². The molecule has 0 unspecified atom stereocenters. The molecule has 0 spiro atoms. The maximum Gasteiger partial charge on any atom is 0.123 e. The second kappa shape index (κ2) is 8.22. The van der Waals surface area contributed by atoms with Crippen LogP contribution in [0.1, 0.15) is 12.5 Å². The SMILES string of the molecule is C/C(=C\CNc1ccc(F)cc1)COCc1ccccc1. The summed E-state index contributed by atoms with van der Waals surface area (Å²) in [5, 5.41) is 3.21. The first-order chi connectivity index (χ1) is 10.2. The Morgan fingerprint density at radius 3 is 2.52 bits per heavy atom. The Balaban J connectivity index is 1.68. The third kappa shape index (κ3) is 5.79. The summed E-state index contributed by atoms with van der Waals surface area (Å²) in [5.41, 5.74) is 3.25. The zero-order chi connectivity index (χ0) is 14.9. The molecule has 2 nitrogen and oxygen atoms in total. The topological polar surface area (TPSA) is 21.3 Å². The summed E-state index contributed by atoms with van der Waals surface area (Å²) in [7, 11) is 0. The Kier molecular flexibility index (Phi) is 5.98. The number of rotatable bonds is 7. The van der Waals surface area contributed by atoms with Crippen molar-refractivity contribution in [3.63, 3.8) is 0 Å². The number of nitrogens with one attached hydrogen (secondary N) is 1. The van der Waals surface area contributed by atoms with E-state index in [1.54, 1.807) is 12.1 Å². The summed E-state index contributed by atoms with van der Waals surface area (Å²) in [6.45, 7) is 3.97. The molecule has 0 atom stereocenters. The maximum atomic E-state index is 12.8. The van der Waals surface area contributed by atoms with Crippen molar-refractivity contribution in [3.05, 3.63) is 77.6 Å². The van der Waals surface area contributed by atoms with E-state index < -0.39 is 0 Å². The number of hydrogen-bond acceptors (Lipinski definition) is 2. The van der Waals surface area contributed by atoms with Gasteiger partial charge in [0.15, 0.2) is 0 Å². The fraction of sp³-hybridized carbons (Fsp3) is 0.222. The molecule has 2 aromatic carbocycles. The molecular weight excluding hydrogens is 265 g/mol. The van der Waals surface area contributed by atoms with Crippen LogP contribution in [-0.2, 0) is 11.3 Å². The van der Waals surface area contributed by atoms with E-state index in [4.69, 9.17) is 4.74 Å². The lowest BCUT2D eigenvalue weighted by Gasteiger charge is -2.06. The highest BCUT2D eigenvalue weighted by Crippen LogP contribution is 2.08. The molecule has 0 radical (unpaired) electrons. The third-order valence-electron chi connectivity index (χ3n) is 3.04. The predicted molar refractivity (Wildman–Crippen MR) is 84.7 cm³/mol. The Bertz CT molecular complexity index is 564. The number of anilines is 1. The molecule has 0 amide bonds. The van der Waals surface area contributed by atoms with Crippen molar-refractivity contribution in [2.45, 2.75) is 13.5 Å². The molecule has 2 aromatic rings. The van der Waals surface area contributed by atoms with Crippen LogP contribution in [0.2, 0.25) is 0 Å². The monoisotopic (exact) mass is 285 g/mol. The smallest absolute Gasteiger partial charge is 0.123 e. The van der Waals surface area contributed by atoms with Gasteiger partial charge in [0.05, 0.1) is 13.2 Å². The highest BCUT2D eigenvalue weighted by atomic mass is 19.1. The standard InChI is InChI=1S/C18H20FNO/c1-15(13-21-14-16-5-3-2-4-6-16)11-12-20-18-9-7-17(19)8-10-18/h2-11,20H,12-14H2,1H3/b15-11+. The van der Waals surface area contributed by atoms with Gasteiger partial charge in [-0.15, -0.1) is 0 Å². The quantitative estimate of drug-likeness (QED) is 0.761. The van der Waals surface area contributed by atoms with Gasteiger partial charge >= 0.3 is 0 Å². The molecule has 0 aliphatic rings. The van der Waals surface area contributed by atoms with Crippen molar-refractivity contribution in [2.75, 3.05) is 18.5 Å². The minimum absolute atomic E-state index is 0.221. The molecule has 2 rings (SSSR count). The average molecular weight is 285 g/mol. The van der Waals surface area contributed by atoms with Crippen LogP contribution in [0.15, 0.2) is 66.2 Å². The normalized spacial score (nSPS) is 11.4. The van der Waals surface area contributed by atoms with Crippen molar-refractivity contribution in [2.24, 2.45) is 0 Å². The van der Waals surface area contributed by atoms with E-state index in [-0.39, 0.29) is 5.82 Å². The highest BCUT2D eigenvalue weighted by molar-refractivity contribution is 5.43. The van der Waals surface area contributed by atoms with Crippen LogP contribution < -0.4 is 5.32 Å². The molecule has 3 heteroatoms. The molecule has 0 saturated carbocycles. The zero-order valence-corrected chi connectivity index (χ0v) is 12.2. The van der Waals surface area contributed by atoms with Crippen LogP contribution >= 0.6 is 0 Å². The summed E-state index contributed by atoms with van der Waals surface area (Å²) in [4.78, 5) is 0. The molecule has 0 fully saturated rings. The lowest BCUT2D eigenvalue weighted by Crippen LogP contribution is -2.02. The van der Waals surface area contributed by atoms with E-state index in [2.05, 4.69) is 23.5 Å². The van der Waals surface area contributed by atoms with E-state index in [9.17, 15) is 4.39 Å². The Labute approximate surface area is 125 Å². The highest BCUT2D eigenvalue weighted by Gasteiger charge is 1.94. The molecule has 0 saturated heterocycles. The first-order valence-corrected chi connectivity index (χ1v) is 7.01. The zero-order valence-electron chi connectivity index (χ0n) is 12.2. The van der Waals surface area contributed by atoms with Crippen molar-refractivity contribution < 1.29 is 9.13 Å². The van der Waals surface area contributed by atoms with E-state index in [1.807, 2.05) is 25.1 Å². The molecular formula is C18H20FNO.